The molecular weight excluding hydrogens is 633 g/mol. The number of benzene rings is 4. The zero-order chi connectivity index (χ0) is 34.3. The molecule has 0 spiro atoms. The SMILES string of the molecule is CC[C@H](C)NC(=O)[C@@H](Cc1ccccc1)N(Cc1ccccc1C)C(=O)CN(c1ccc(F)cc1)S(=O)(=O)c1ccc2c(c1)OCCO2. The van der Waals surface area contributed by atoms with Crippen LogP contribution in [0, 0.1) is 12.7 Å². The van der Waals surface area contributed by atoms with Crippen LogP contribution in [0.4, 0.5) is 10.1 Å². The predicted molar refractivity (Wildman–Crippen MR) is 182 cm³/mol. The van der Waals surface area contributed by atoms with Gasteiger partial charge in [0.1, 0.15) is 31.6 Å². The number of halogens is 1. The molecule has 0 radical (unpaired) electrons. The summed E-state index contributed by atoms with van der Waals surface area (Å²) in [5.41, 5.74) is 2.64. The van der Waals surface area contributed by atoms with Crippen molar-refractivity contribution < 1.29 is 31.9 Å². The van der Waals surface area contributed by atoms with Gasteiger partial charge in [-0.05, 0) is 73.4 Å². The Hall–Kier alpha value is -4.90. The first-order chi connectivity index (χ1) is 23.1. The lowest BCUT2D eigenvalue weighted by Gasteiger charge is -2.34. The Balaban J connectivity index is 1.58. The fraction of sp³-hybridized carbons (Fsp3) is 0.297. The van der Waals surface area contributed by atoms with Crippen molar-refractivity contribution >= 4 is 27.5 Å². The van der Waals surface area contributed by atoms with Crippen molar-refractivity contribution in [3.63, 3.8) is 0 Å². The maximum atomic E-state index is 14.6. The number of carbonyl (C=O) groups excluding carboxylic acids is 2. The number of hydrogen-bond acceptors (Lipinski definition) is 6. The highest BCUT2D eigenvalue weighted by molar-refractivity contribution is 7.92. The van der Waals surface area contributed by atoms with Crippen molar-refractivity contribution in [2.75, 3.05) is 24.1 Å². The van der Waals surface area contributed by atoms with Gasteiger partial charge >= 0.3 is 0 Å². The van der Waals surface area contributed by atoms with Crippen molar-refractivity contribution in [2.45, 2.75) is 57.1 Å². The lowest BCUT2D eigenvalue weighted by atomic mass is 10.0. The van der Waals surface area contributed by atoms with E-state index in [0.717, 1.165) is 33.1 Å². The van der Waals surface area contributed by atoms with Crippen molar-refractivity contribution in [3.8, 4) is 11.5 Å². The number of aryl methyl sites for hydroxylation is 1. The van der Waals surface area contributed by atoms with E-state index in [9.17, 15) is 22.4 Å². The van der Waals surface area contributed by atoms with E-state index in [1.807, 2.05) is 75.4 Å². The molecule has 1 heterocycles. The summed E-state index contributed by atoms with van der Waals surface area (Å²) in [6.07, 6.45) is 0.883. The quantitative estimate of drug-likeness (QED) is 0.197. The number of carbonyl (C=O) groups is 2. The minimum absolute atomic E-state index is 0.0538. The Morgan fingerprint density at radius 2 is 1.56 bits per heavy atom. The first kappa shape index (κ1) is 34.4. The van der Waals surface area contributed by atoms with E-state index in [4.69, 9.17) is 9.47 Å². The van der Waals surface area contributed by atoms with E-state index < -0.39 is 34.3 Å². The molecule has 0 saturated carbocycles. The van der Waals surface area contributed by atoms with Crippen LogP contribution in [0.1, 0.15) is 37.0 Å². The molecule has 252 valence electrons. The number of sulfonamides is 1. The Morgan fingerprint density at radius 3 is 2.25 bits per heavy atom. The van der Waals surface area contributed by atoms with Crippen LogP contribution in [-0.2, 0) is 32.6 Å². The van der Waals surface area contributed by atoms with Crippen LogP contribution >= 0.6 is 0 Å². The molecule has 0 unspecified atom stereocenters. The van der Waals surface area contributed by atoms with Gasteiger partial charge < -0.3 is 19.7 Å². The number of nitrogens with zero attached hydrogens (tertiary/aromatic N) is 2. The first-order valence-corrected chi connectivity index (χ1v) is 17.4. The van der Waals surface area contributed by atoms with Crippen LogP contribution < -0.4 is 19.1 Å². The lowest BCUT2D eigenvalue weighted by molar-refractivity contribution is -0.140. The van der Waals surface area contributed by atoms with Crippen molar-refractivity contribution in [1.82, 2.24) is 10.2 Å². The van der Waals surface area contributed by atoms with Crippen molar-refractivity contribution in [1.29, 1.82) is 0 Å². The molecule has 0 saturated heterocycles. The molecule has 0 aromatic heterocycles. The number of amides is 2. The Bertz CT molecular complexity index is 1840. The van der Waals surface area contributed by atoms with E-state index in [0.29, 0.717) is 18.8 Å². The summed E-state index contributed by atoms with van der Waals surface area (Å²) in [6.45, 7) is 5.75. The van der Waals surface area contributed by atoms with Crippen LogP contribution in [0.5, 0.6) is 11.5 Å². The maximum Gasteiger partial charge on any atom is 0.264 e. The standard InChI is InChI=1S/C37H40FN3O6S/c1-4-27(3)39-37(43)33(22-28-11-6-5-7-12-28)40(24-29-13-9-8-10-26(29)2)36(42)25-41(31-16-14-30(38)15-17-31)48(44,45)32-18-19-34-35(23-32)47-21-20-46-34/h5-19,23,27,33H,4,20-22,24-25H2,1-3H3,(H,39,43)/t27-,33+/m0/s1. The highest BCUT2D eigenvalue weighted by Crippen LogP contribution is 2.34. The van der Waals surface area contributed by atoms with E-state index in [1.54, 1.807) is 0 Å². The molecular formula is C37H40FN3O6S. The number of rotatable bonds is 13. The fourth-order valence-corrected chi connectivity index (χ4v) is 6.84. The maximum absolute atomic E-state index is 14.6. The molecule has 4 aromatic carbocycles. The summed E-state index contributed by atoms with van der Waals surface area (Å²) in [6, 6.07) is 24.9. The van der Waals surface area contributed by atoms with Gasteiger partial charge in [-0.2, -0.15) is 0 Å². The zero-order valence-electron chi connectivity index (χ0n) is 27.3. The number of nitrogens with one attached hydrogen (secondary N) is 1. The molecule has 9 nitrogen and oxygen atoms in total. The van der Waals surface area contributed by atoms with Crippen molar-refractivity contribution in [3.05, 3.63) is 120 Å². The molecule has 4 aromatic rings. The van der Waals surface area contributed by atoms with Crippen LogP contribution in [0.3, 0.4) is 0 Å². The van der Waals surface area contributed by atoms with Crippen molar-refractivity contribution in [2.24, 2.45) is 0 Å². The second-order valence-corrected chi connectivity index (χ2v) is 13.6. The highest BCUT2D eigenvalue weighted by Gasteiger charge is 2.35. The number of fused-ring (bicyclic) bond motifs is 1. The van der Waals surface area contributed by atoms with E-state index in [1.165, 1.54) is 35.2 Å². The second-order valence-electron chi connectivity index (χ2n) is 11.8. The monoisotopic (exact) mass is 673 g/mol. The zero-order valence-corrected chi connectivity index (χ0v) is 28.1. The van der Waals surface area contributed by atoms with Gasteiger partial charge in [0, 0.05) is 25.1 Å². The third-order valence-corrected chi connectivity index (χ3v) is 10.1. The minimum atomic E-state index is -4.41. The molecule has 2 amide bonds. The molecule has 0 aliphatic carbocycles. The van der Waals surface area contributed by atoms with Gasteiger partial charge in [-0.15, -0.1) is 0 Å². The summed E-state index contributed by atoms with van der Waals surface area (Å²) in [5, 5.41) is 3.03. The van der Waals surface area contributed by atoms with Gasteiger partial charge in [-0.25, -0.2) is 12.8 Å². The summed E-state index contributed by atoms with van der Waals surface area (Å²) >= 11 is 0. The number of hydrogen-bond donors (Lipinski definition) is 1. The van der Waals surface area contributed by atoms with Gasteiger partial charge in [0.15, 0.2) is 11.5 Å². The molecule has 1 N–H and O–H groups in total. The van der Waals surface area contributed by atoms with Crippen LogP contribution in [0.2, 0.25) is 0 Å². The summed E-state index contributed by atoms with van der Waals surface area (Å²) in [4.78, 5) is 29.9. The Morgan fingerprint density at radius 1 is 0.896 bits per heavy atom. The Kier molecular flexibility index (Phi) is 11.0. The predicted octanol–water partition coefficient (Wildman–Crippen LogP) is 5.66. The molecule has 0 bridgehead atoms. The largest absolute Gasteiger partial charge is 0.486 e. The normalized spacial score (nSPS) is 13.7. The molecule has 1 aliphatic heterocycles. The average molecular weight is 674 g/mol. The van der Waals surface area contributed by atoms with Crippen LogP contribution in [0.15, 0.2) is 102 Å². The fourth-order valence-electron chi connectivity index (χ4n) is 5.41. The smallest absolute Gasteiger partial charge is 0.264 e. The highest BCUT2D eigenvalue weighted by atomic mass is 32.2. The van der Waals surface area contributed by atoms with Gasteiger partial charge in [-0.3, -0.25) is 13.9 Å². The second kappa shape index (κ2) is 15.3. The molecule has 5 rings (SSSR count). The average Bonchev–Trinajstić information content (AvgIpc) is 3.09. The van der Waals surface area contributed by atoms with Crippen LogP contribution in [0.25, 0.3) is 0 Å². The van der Waals surface area contributed by atoms with Gasteiger partial charge in [-0.1, -0.05) is 61.5 Å². The summed E-state index contributed by atoms with van der Waals surface area (Å²) in [5.74, 6) is -0.849. The summed E-state index contributed by atoms with van der Waals surface area (Å²) in [7, 11) is -4.41. The van der Waals surface area contributed by atoms with Gasteiger partial charge in [0.05, 0.1) is 10.6 Å². The third kappa shape index (κ3) is 8.14. The lowest BCUT2D eigenvalue weighted by Crippen LogP contribution is -2.54. The molecule has 48 heavy (non-hydrogen) atoms. The topological polar surface area (TPSA) is 105 Å². The number of anilines is 1. The van der Waals surface area contributed by atoms with Gasteiger partial charge in [0.25, 0.3) is 10.0 Å². The van der Waals surface area contributed by atoms with Crippen LogP contribution in [-0.4, -0.2) is 57.0 Å². The minimum Gasteiger partial charge on any atom is -0.486 e. The van der Waals surface area contributed by atoms with Gasteiger partial charge in [0.2, 0.25) is 11.8 Å². The molecule has 11 heteroatoms. The molecule has 2 atom stereocenters. The Labute approximate surface area is 281 Å². The summed E-state index contributed by atoms with van der Waals surface area (Å²) < 4.78 is 54.9. The van der Waals surface area contributed by atoms with E-state index >= 15 is 0 Å². The van der Waals surface area contributed by atoms with E-state index in [-0.39, 0.29) is 47.9 Å². The number of ether oxygens (including phenoxy) is 2. The third-order valence-electron chi connectivity index (χ3n) is 8.37. The molecule has 0 fully saturated rings. The molecule has 1 aliphatic rings. The van der Waals surface area contributed by atoms with E-state index in [2.05, 4.69) is 5.32 Å². The first-order valence-electron chi connectivity index (χ1n) is 15.9.